The van der Waals surface area contributed by atoms with Gasteiger partial charge in [0.15, 0.2) is 11.5 Å². The molecule has 0 atom stereocenters. The van der Waals surface area contributed by atoms with E-state index in [2.05, 4.69) is 24.4 Å². The van der Waals surface area contributed by atoms with E-state index in [1.807, 2.05) is 24.3 Å². The van der Waals surface area contributed by atoms with Crippen molar-refractivity contribution in [2.24, 2.45) is 0 Å². The molecule has 0 aliphatic rings. The molecule has 27 heavy (non-hydrogen) atoms. The highest BCUT2D eigenvalue weighted by molar-refractivity contribution is 6.27. The molecule has 2 aromatic rings. The second-order valence-corrected chi connectivity index (χ2v) is 5.35. The summed E-state index contributed by atoms with van der Waals surface area (Å²) in [5, 5.41) is 18.2. The molecule has 2 aromatic carbocycles. The highest BCUT2D eigenvalue weighted by Crippen LogP contribution is 2.34. The number of aryl methyl sites for hydroxylation is 1. The van der Waals surface area contributed by atoms with Gasteiger partial charge in [-0.05, 0) is 30.7 Å². The molecule has 8 nitrogen and oxygen atoms in total. The number of anilines is 1. The van der Waals surface area contributed by atoms with Gasteiger partial charge < -0.3 is 29.7 Å². The van der Waals surface area contributed by atoms with Crippen LogP contribution in [0.4, 0.5) is 5.69 Å². The minimum absolute atomic E-state index is 0.646. The molecule has 8 heteroatoms. The third-order valence-corrected chi connectivity index (χ3v) is 3.47. The fourth-order valence-corrected chi connectivity index (χ4v) is 2.18. The van der Waals surface area contributed by atoms with Crippen LogP contribution >= 0.6 is 0 Å². The summed E-state index contributed by atoms with van der Waals surface area (Å²) < 4.78 is 16.0. The summed E-state index contributed by atoms with van der Waals surface area (Å²) in [5.74, 6) is -1.52. The zero-order valence-corrected chi connectivity index (χ0v) is 15.6. The zero-order valence-electron chi connectivity index (χ0n) is 15.6. The molecule has 0 fully saturated rings. The molecule has 0 radical (unpaired) electrons. The van der Waals surface area contributed by atoms with E-state index in [1.165, 1.54) is 5.56 Å². The SMILES string of the molecule is COc1cc(OC)c(OC)cc1CNc1cccc(C)c1.O=C(O)C(=O)O. The Labute approximate surface area is 157 Å². The molecule has 146 valence electrons. The Hall–Kier alpha value is -3.42. The highest BCUT2D eigenvalue weighted by atomic mass is 16.5. The Kier molecular flexibility index (Phi) is 8.44. The molecule has 0 saturated heterocycles. The highest BCUT2D eigenvalue weighted by Gasteiger charge is 2.11. The molecule has 0 saturated carbocycles. The second-order valence-electron chi connectivity index (χ2n) is 5.35. The number of carboxylic acid groups (broad SMARTS) is 2. The molecular formula is C19H23NO7. The van der Waals surface area contributed by atoms with E-state index in [0.29, 0.717) is 18.0 Å². The van der Waals surface area contributed by atoms with Crippen molar-refractivity contribution in [3.8, 4) is 17.2 Å². The Balaban J connectivity index is 0.000000527. The van der Waals surface area contributed by atoms with E-state index in [-0.39, 0.29) is 0 Å². The molecule has 0 aliphatic heterocycles. The largest absolute Gasteiger partial charge is 0.496 e. The van der Waals surface area contributed by atoms with Crippen LogP contribution in [-0.4, -0.2) is 43.5 Å². The maximum absolute atomic E-state index is 9.10. The van der Waals surface area contributed by atoms with Crippen LogP contribution in [0.1, 0.15) is 11.1 Å². The van der Waals surface area contributed by atoms with Gasteiger partial charge in [0.25, 0.3) is 0 Å². The van der Waals surface area contributed by atoms with E-state index in [0.717, 1.165) is 17.0 Å². The molecule has 0 aromatic heterocycles. The summed E-state index contributed by atoms with van der Waals surface area (Å²) in [6, 6.07) is 12.0. The van der Waals surface area contributed by atoms with Gasteiger partial charge in [-0.3, -0.25) is 0 Å². The average Bonchev–Trinajstić information content (AvgIpc) is 2.66. The van der Waals surface area contributed by atoms with Crippen LogP contribution in [0.15, 0.2) is 36.4 Å². The first-order chi connectivity index (χ1) is 12.8. The normalized spacial score (nSPS) is 9.48. The van der Waals surface area contributed by atoms with Gasteiger partial charge in [-0.25, -0.2) is 9.59 Å². The van der Waals surface area contributed by atoms with Crippen LogP contribution in [0, 0.1) is 6.92 Å². The van der Waals surface area contributed by atoms with Gasteiger partial charge in [0, 0.05) is 23.9 Å². The summed E-state index contributed by atoms with van der Waals surface area (Å²) in [5.41, 5.74) is 3.31. The van der Waals surface area contributed by atoms with Crippen LogP contribution in [0.2, 0.25) is 0 Å². The van der Waals surface area contributed by atoms with Gasteiger partial charge in [-0.15, -0.1) is 0 Å². The number of aliphatic carboxylic acids is 2. The minimum Gasteiger partial charge on any atom is -0.496 e. The summed E-state index contributed by atoms with van der Waals surface area (Å²) in [6.45, 7) is 2.72. The van der Waals surface area contributed by atoms with Gasteiger partial charge in [-0.1, -0.05) is 12.1 Å². The number of benzene rings is 2. The van der Waals surface area contributed by atoms with Gasteiger partial charge in [0.05, 0.1) is 21.3 Å². The van der Waals surface area contributed by atoms with Crippen molar-refractivity contribution in [2.75, 3.05) is 26.6 Å². The molecule has 0 amide bonds. The number of ether oxygens (including phenoxy) is 3. The first-order valence-electron chi connectivity index (χ1n) is 7.88. The fraction of sp³-hybridized carbons (Fsp3) is 0.263. The third-order valence-electron chi connectivity index (χ3n) is 3.47. The fourth-order valence-electron chi connectivity index (χ4n) is 2.18. The molecule has 0 heterocycles. The molecule has 0 unspecified atom stereocenters. The Morgan fingerprint density at radius 2 is 1.44 bits per heavy atom. The standard InChI is InChI=1S/C17H21NO3.C2H2O4/c1-12-6-5-7-14(8-12)18-11-13-9-16(20-3)17(21-4)10-15(13)19-2;3-1(4)2(5)6/h5-10,18H,11H2,1-4H3;(H,3,4)(H,5,6). The van der Waals surface area contributed by atoms with Crippen molar-refractivity contribution < 1.29 is 34.0 Å². The second kappa shape index (κ2) is 10.5. The summed E-state index contributed by atoms with van der Waals surface area (Å²) in [6.07, 6.45) is 0. The number of nitrogens with one attached hydrogen (secondary N) is 1. The monoisotopic (exact) mass is 377 g/mol. The molecule has 0 spiro atoms. The Morgan fingerprint density at radius 3 is 1.93 bits per heavy atom. The molecular weight excluding hydrogens is 354 g/mol. The summed E-state index contributed by atoms with van der Waals surface area (Å²) >= 11 is 0. The number of carboxylic acids is 2. The topological polar surface area (TPSA) is 114 Å². The number of hydrogen-bond acceptors (Lipinski definition) is 6. The zero-order chi connectivity index (χ0) is 20.4. The van der Waals surface area contributed by atoms with Gasteiger partial charge in [-0.2, -0.15) is 0 Å². The summed E-state index contributed by atoms with van der Waals surface area (Å²) in [7, 11) is 4.89. The first-order valence-corrected chi connectivity index (χ1v) is 7.88. The number of hydrogen-bond donors (Lipinski definition) is 3. The molecule has 0 bridgehead atoms. The van der Waals surface area contributed by atoms with Crippen molar-refractivity contribution in [3.05, 3.63) is 47.5 Å². The van der Waals surface area contributed by atoms with Crippen LogP contribution in [-0.2, 0) is 16.1 Å². The maximum Gasteiger partial charge on any atom is 0.414 e. The average molecular weight is 377 g/mol. The van der Waals surface area contributed by atoms with E-state index in [9.17, 15) is 0 Å². The van der Waals surface area contributed by atoms with Crippen molar-refractivity contribution in [3.63, 3.8) is 0 Å². The lowest BCUT2D eigenvalue weighted by Crippen LogP contribution is -2.09. The van der Waals surface area contributed by atoms with Gasteiger partial charge >= 0.3 is 11.9 Å². The van der Waals surface area contributed by atoms with Crippen molar-refractivity contribution in [2.45, 2.75) is 13.5 Å². The Bertz CT molecular complexity index is 778. The lowest BCUT2D eigenvalue weighted by Gasteiger charge is -2.15. The molecule has 2 rings (SSSR count). The number of methoxy groups -OCH3 is 3. The molecule has 0 aliphatic carbocycles. The third kappa shape index (κ3) is 6.77. The van der Waals surface area contributed by atoms with Crippen LogP contribution < -0.4 is 19.5 Å². The minimum atomic E-state index is -1.82. The number of carbonyl (C=O) groups is 2. The smallest absolute Gasteiger partial charge is 0.414 e. The first kappa shape index (κ1) is 21.6. The quantitative estimate of drug-likeness (QED) is 0.659. The van der Waals surface area contributed by atoms with Crippen LogP contribution in [0.3, 0.4) is 0 Å². The van der Waals surface area contributed by atoms with Crippen molar-refractivity contribution >= 4 is 17.6 Å². The van der Waals surface area contributed by atoms with E-state index >= 15 is 0 Å². The lowest BCUT2D eigenvalue weighted by molar-refractivity contribution is -0.159. The van der Waals surface area contributed by atoms with Crippen molar-refractivity contribution in [1.82, 2.24) is 0 Å². The predicted molar refractivity (Wildman–Crippen MR) is 99.9 cm³/mol. The number of rotatable bonds is 6. The van der Waals surface area contributed by atoms with E-state index in [1.54, 1.807) is 21.3 Å². The maximum atomic E-state index is 9.10. The predicted octanol–water partition coefficient (Wildman–Crippen LogP) is 2.79. The lowest BCUT2D eigenvalue weighted by atomic mass is 10.1. The Morgan fingerprint density at radius 1 is 0.889 bits per heavy atom. The van der Waals surface area contributed by atoms with Crippen molar-refractivity contribution in [1.29, 1.82) is 0 Å². The van der Waals surface area contributed by atoms with Gasteiger partial charge in [0.1, 0.15) is 5.75 Å². The van der Waals surface area contributed by atoms with Crippen LogP contribution in [0.5, 0.6) is 17.2 Å². The van der Waals surface area contributed by atoms with E-state index in [4.69, 9.17) is 34.0 Å². The van der Waals surface area contributed by atoms with Crippen LogP contribution in [0.25, 0.3) is 0 Å². The van der Waals surface area contributed by atoms with Gasteiger partial charge in [0.2, 0.25) is 0 Å². The van der Waals surface area contributed by atoms with E-state index < -0.39 is 11.9 Å². The summed E-state index contributed by atoms with van der Waals surface area (Å²) in [4.78, 5) is 18.2. The molecule has 3 N–H and O–H groups in total.